The van der Waals surface area contributed by atoms with E-state index < -0.39 is 0 Å². The Morgan fingerprint density at radius 2 is 1.95 bits per heavy atom. The van der Waals surface area contributed by atoms with E-state index in [-0.39, 0.29) is 5.82 Å². The van der Waals surface area contributed by atoms with Crippen LogP contribution in [0.1, 0.15) is 0 Å². The highest BCUT2D eigenvalue weighted by Gasteiger charge is 2.11. The standard InChI is InChI=1S/C14H14FN5/c1-20(2)12-6-5-11-14(18-12)19-13(17-11)9-7-8(15)3-4-10(9)16/h3-7H,16H2,1-2H3,(H,17,18,19). The number of aromatic amines is 1. The van der Waals surface area contributed by atoms with Crippen LogP contribution in [0, 0.1) is 5.82 Å². The van der Waals surface area contributed by atoms with Gasteiger partial charge >= 0.3 is 0 Å². The van der Waals surface area contributed by atoms with Crippen LogP contribution in [0.5, 0.6) is 0 Å². The van der Waals surface area contributed by atoms with Gasteiger partial charge in [0.25, 0.3) is 0 Å². The summed E-state index contributed by atoms with van der Waals surface area (Å²) in [6, 6.07) is 7.99. The molecule has 2 aromatic heterocycles. The molecule has 6 heteroatoms. The maximum absolute atomic E-state index is 13.3. The summed E-state index contributed by atoms with van der Waals surface area (Å²) in [5.41, 5.74) is 8.24. The molecule has 0 radical (unpaired) electrons. The molecule has 5 nitrogen and oxygen atoms in total. The number of rotatable bonds is 2. The third kappa shape index (κ3) is 2.05. The predicted octanol–water partition coefficient (Wildman–Crippen LogP) is 2.41. The van der Waals surface area contributed by atoms with Crippen LogP contribution in [0.15, 0.2) is 30.3 Å². The zero-order valence-electron chi connectivity index (χ0n) is 11.2. The molecular formula is C14H14FN5. The number of anilines is 2. The highest BCUT2D eigenvalue weighted by atomic mass is 19.1. The van der Waals surface area contributed by atoms with Gasteiger partial charge in [0.05, 0.1) is 5.52 Å². The Balaban J connectivity index is 2.15. The molecule has 102 valence electrons. The van der Waals surface area contributed by atoms with Gasteiger partial charge in [0.2, 0.25) is 0 Å². The second kappa shape index (κ2) is 4.48. The van der Waals surface area contributed by atoms with E-state index in [1.165, 1.54) is 18.2 Å². The molecule has 1 aromatic carbocycles. The van der Waals surface area contributed by atoms with Crippen LogP contribution in [0.4, 0.5) is 15.9 Å². The Labute approximate surface area is 115 Å². The highest BCUT2D eigenvalue weighted by molar-refractivity contribution is 5.81. The van der Waals surface area contributed by atoms with Crippen LogP contribution in [-0.2, 0) is 0 Å². The number of pyridine rings is 1. The number of nitrogens with zero attached hydrogens (tertiary/aromatic N) is 3. The molecule has 0 saturated heterocycles. The monoisotopic (exact) mass is 271 g/mol. The first-order valence-electron chi connectivity index (χ1n) is 6.14. The number of hydrogen-bond acceptors (Lipinski definition) is 4. The number of nitrogens with two attached hydrogens (primary N) is 1. The lowest BCUT2D eigenvalue weighted by Gasteiger charge is -2.09. The van der Waals surface area contributed by atoms with E-state index in [1.54, 1.807) is 0 Å². The molecule has 3 N–H and O–H groups in total. The number of H-pyrrole nitrogens is 1. The van der Waals surface area contributed by atoms with E-state index in [0.29, 0.717) is 22.7 Å². The maximum atomic E-state index is 13.3. The number of benzene rings is 1. The third-order valence-electron chi connectivity index (χ3n) is 3.06. The van der Waals surface area contributed by atoms with Crippen molar-refractivity contribution in [2.75, 3.05) is 24.7 Å². The summed E-state index contributed by atoms with van der Waals surface area (Å²) in [5, 5.41) is 0. The molecule has 0 fully saturated rings. The molecule has 3 rings (SSSR count). The summed E-state index contributed by atoms with van der Waals surface area (Å²) in [7, 11) is 3.82. The van der Waals surface area contributed by atoms with Crippen LogP contribution in [0.2, 0.25) is 0 Å². The number of fused-ring (bicyclic) bond motifs is 1. The number of nitrogen functional groups attached to an aromatic ring is 1. The molecule has 0 atom stereocenters. The quantitative estimate of drug-likeness (QED) is 0.702. The summed E-state index contributed by atoms with van der Waals surface area (Å²) < 4.78 is 13.3. The van der Waals surface area contributed by atoms with Crippen molar-refractivity contribution < 1.29 is 4.39 Å². The second-order valence-electron chi connectivity index (χ2n) is 4.75. The maximum Gasteiger partial charge on any atom is 0.180 e. The lowest BCUT2D eigenvalue weighted by Crippen LogP contribution is -2.10. The molecule has 20 heavy (non-hydrogen) atoms. The first-order valence-corrected chi connectivity index (χ1v) is 6.14. The Morgan fingerprint density at radius 3 is 2.70 bits per heavy atom. The smallest absolute Gasteiger partial charge is 0.180 e. The number of hydrogen-bond donors (Lipinski definition) is 2. The first-order chi connectivity index (χ1) is 9.54. The van der Waals surface area contributed by atoms with Gasteiger partial charge < -0.3 is 15.6 Å². The number of nitrogens with one attached hydrogen (secondary N) is 1. The van der Waals surface area contributed by atoms with Crippen molar-refractivity contribution in [1.82, 2.24) is 15.0 Å². The number of imidazole rings is 1. The van der Waals surface area contributed by atoms with Gasteiger partial charge in [-0.3, -0.25) is 0 Å². The zero-order valence-corrected chi connectivity index (χ0v) is 11.2. The van der Waals surface area contributed by atoms with Crippen LogP contribution in [0.25, 0.3) is 22.6 Å². The molecular weight excluding hydrogens is 257 g/mol. The summed E-state index contributed by atoms with van der Waals surface area (Å²) in [6.45, 7) is 0. The minimum absolute atomic E-state index is 0.350. The average Bonchev–Trinajstić information content (AvgIpc) is 2.83. The molecule has 0 aliphatic rings. The van der Waals surface area contributed by atoms with E-state index in [1.807, 2.05) is 31.1 Å². The SMILES string of the molecule is CN(C)c1ccc2[nH]c(-c3cc(F)ccc3N)nc2n1. The van der Waals surface area contributed by atoms with Crippen molar-refractivity contribution in [3.8, 4) is 11.4 Å². The summed E-state index contributed by atoms with van der Waals surface area (Å²) in [6.07, 6.45) is 0. The number of aromatic nitrogens is 3. The van der Waals surface area contributed by atoms with Gasteiger partial charge in [-0.1, -0.05) is 0 Å². The van der Waals surface area contributed by atoms with Gasteiger partial charge in [0.1, 0.15) is 17.5 Å². The third-order valence-corrected chi connectivity index (χ3v) is 3.06. The molecule has 0 bridgehead atoms. The van der Waals surface area contributed by atoms with Gasteiger partial charge in [0.15, 0.2) is 5.65 Å². The Bertz CT molecular complexity index is 778. The van der Waals surface area contributed by atoms with Crippen molar-refractivity contribution in [3.63, 3.8) is 0 Å². The molecule has 2 heterocycles. The van der Waals surface area contributed by atoms with Crippen LogP contribution < -0.4 is 10.6 Å². The van der Waals surface area contributed by atoms with Crippen molar-refractivity contribution in [2.24, 2.45) is 0 Å². The van der Waals surface area contributed by atoms with E-state index >= 15 is 0 Å². The normalized spacial score (nSPS) is 10.9. The number of halogens is 1. The fourth-order valence-corrected chi connectivity index (χ4v) is 1.99. The lowest BCUT2D eigenvalue weighted by molar-refractivity contribution is 0.628. The van der Waals surface area contributed by atoms with Crippen molar-refractivity contribution >= 4 is 22.7 Å². The Hall–Kier alpha value is -2.63. The summed E-state index contributed by atoms with van der Waals surface area (Å²) in [5.74, 6) is 0.972. The molecule has 0 aliphatic heterocycles. The van der Waals surface area contributed by atoms with Gasteiger partial charge in [-0.2, -0.15) is 0 Å². The fraction of sp³-hybridized carbons (Fsp3) is 0.143. The second-order valence-corrected chi connectivity index (χ2v) is 4.75. The van der Waals surface area contributed by atoms with E-state index in [0.717, 1.165) is 11.3 Å². The van der Waals surface area contributed by atoms with E-state index in [2.05, 4.69) is 15.0 Å². The van der Waals surface area contributed by atoms with Gasteiger partial charge in [-0.25, -0.2) is 14.4 Å². The van der Waals surface area contributed by atoms with E-state index in [4.69, 9.17) is 5.73 Å². The highest BCUT2D eigenvalue weighted by Crippen LogP contribution is 2.26. The van der Waals surface area contributed by atoms with Crippen molar-refractivity contribution in [1.29, 1.82) is 0 Å². The van der Waals surface area contributed by atoms with Crippen LogP contribution >= 0.6 is 0 Å². The molecule has 0 aliphatic carbocycles. The van der Waals surface area contributed by atoms with Crippen molar-refractivity contribution in [3.05, 3.63) is 36.1 Å². The van der Waals surface area contributed by atoms with Gasteiger partial charge in [0, 0.05) is 25.3 Å². The van der Waals surface area contributed by atoms with Crippen LogP contribution in [0.3, 0.4) is 0 Å². The fourth-order valence-electron chi connectivity index (χ4n) is 1.99. The Kier molecular flexibility index (Phi) is 2.78. The largest absolute Gasteiger partial charge is 0.398 e. The molecule has 0 unspecified atom stereocenters. The van der Waals surface area contributed by atoms with Crippen molar-refractivity contribution in [2.45, 2.75) is 0 Å². The molecule has 0 amide bonds. The van der Waals surface area contributed by atoms with E-state index in [9.17, 15) is 4.39 Å². The lowest BCUT2D eigenvalue weighted by atomic mass is 10.1. The zero-order chi connectivity index (χ0) is 14.3. The van der Waals surface area contributed by atoms with Gasteiger partial charge in [-0.05, 0) is 30.3 Å². The first kappa shape index (κ1) is 12.4. The summed E-state index contributed by atoms with van der Waals surface area (Å²) >= 11 is 0. The molecule has 0 saturated carbocycles. The minimum atomic E-state index is -0.350. The van der Waals surface area contributed by atoms with Crippen LogP contribution in [-0.4, -0.2) is 29.0 Å². The minimum Gasteiger partial charge on any atom is -0.398 e. The topological polar surface area (TPSA) is 70.8 Å². The predicted molar refractivity (Wildman–Crippen MR) is 78.0 cm³/mol. The Morgan fingerprint density at radius 1 is 1.15 bits per heavy atom. The average molecular weight is 271 g/mol. The van der Waals surface area contributed by atoms with Gasteiger partial charge in [-0.15, -0.1) is 0 Å². The summed E-state index contributed by atoms with van der Waals surface area (Å²) in [4.78, 5) is 13.8. The molecule has 0 spiro atoms. The molecule has 3 aromatic rings.